The van der Waals surface area contributed by atoms with Crippen molar-refractivity contribution in [2.24, 2.45) is 5.92 Å². The molecule has 0 radical (unpaired) electrons. The molecule has 3 aliphatic rings. The van der Waals surface area contributed by atoms with Crippen molar-refractivity contribution in [2.45, 2.75) is 51.3 Å². The van der Waals surface area contributed by atoms with Gasteiger partial charge in [0.15, 0.2) is 0 Å². The summed E-state index contributed by atoms with van der Waals surface area (Å²) in [5.74, 6) is 0.592. The minimum atomic E-state index is 0.0532. The average Bonchev–Trinajstić information content (AvgIpc) is 3.02. The summed E-state index contributed by atoms with van der Waals surface area (Å²) in [6.45, 7) is 8.09. The average molecular weight is 343 g/mol. The summed E-state index contributed by atoms with van der Waals surface area (Å²) in [6, 6.07) is 6.72. The summed E-state index contributed by atoms with van der Waals surface area (Å²) in [7, 11) is 0. The highest BCUT2D eigenvalue weighted by Gasteiger charge is 2.38. The van der Waals surface area contributed by atoms with E-state index >= 15 is 0 Å². The van der Waals surface area contributed by atoms with E-state index in [9.17, 15) is 4.79 Å². The number of ether oxygens (including phenoxy) is 1. The molecular formula is C20H29N3O2. The number of hydrogen-bond acceptors (Lipinski definition) is 4. The molecule has 0 saturated carbocycles. The van der Waals surface area contributed by atoms with Gasteiger partial charge in [0.25, 0.3) is 5.91 Å². The minimum absolute atomic E-state index is 0.0532. The van der Waals surface area contributed by atoms with Crippen molar-refractivity contribution in [2.75, 3.05) is 31.6 Å². The van der Waals surface area contributed by atoms with Crippen LogP contribution < -0.4 is 10.6 Å². The van der Waals surface area contributed by atoms with Crippen molar-refractivity contribution in [3.8, 4) is 0 Å². The van der Waals surface area contributed by atoms with Gasteiger partial charge >= 0.3 is 0 Å². The van der Waals surface area contributed by atoms with E-state index in [1.165, 1.54) is 5.56 Å². The van der Waals surface area contributed by atoms with Crippen LogP contribution in [-0.2, 0) is 11.2 Å². The fourth-order valence-corrected chi connectivity index (χ4v) is 4.37. The number of carbonyl (C=O) groups excluding carboxylic acids is 1. The van der Waals surface area contributed by atoms with Gasteiger partial charge in [0.2, 0.25) is 0 Å². The van der Waals surface area contributed by atoms with Gasteiger partial charge in [-0.15, -0.1) is 0 Å². The van der Waals surface area contributed by atoms with E-state index in [1.54, 1.807) is 0 Å². The molecule has 5 nitrogen and oxygen atoms in total. The van der Waals surface area contributed by atoms with Crippen LogP contribution in [0.5, 0.6) is 0 Å². The van der Waals surface area contributed by atoms with Gasteiger partial charge in [0.05, 0.1) is 24.0 Å². The molecule has 1 amide bonds. The maximum Gasteiger partial charge on any atom is 0.253 e. The van der Waals surface area contributed by atoms with Crippen LogP contribution in [0.15, 0.2) is 18.2 Å². The largest absolute Gasteiger partial charge is 0.384 e. The predicted octanol–water partition coefficient (Wildman–Crippen LogP) is 2.27. The first-order valence-corrected chi connectivity index (χ1v) is 9.64. The third-order valence-corrected chi connectivity index (χ3v) is 5.84. The van der Waals surface area contributed by atoms with Gasteiger partial charge in [0, 0.05) is 31.7 Å². The molecule has 25 heavy (non-hydrogen) atoms. The Bertz CT molecular complexity index is 646. The van der Waals surface area contributed by atoms with Gasteiger partial charge in [-0.2, -0.15) is 0 Å². The number of morpholine rings is 1. The Kier molecular flexibility index (Phi) is 4.69. The third kappa shape index (κ3) is 3.40. The second-order valence-corrected chi connectivity index (χ2v) is 8.00. The number of nitrogens with one attached hydrogen (secondary N) is 2. The van der Waals surface area contributed by atoms with Crippen LogP contribution in [0.2, 0.25) is 0 Å². The number of hydrogen-bond donors (Lipinski definition) is 2. The number of aryl methyl sites for hydroxylation is 1. The lowest BCUT2D eigenvalue weighted by molar-refractivity contribution is -0.0683. The van der Waals surface area contributed by atoms with Gasteiger partial charge in [0.1, 0.15) is 0 Å². The molecule has 0 aliphatic carbocycles. The Morgan fingerprint density at radius 3 is 3.08 bits per heavy atom. The van der Waals surface area contributed by atoms with Crippen molar-refractivity contribution in [1.82, 2.24) is 10.2 Å². The molecule has 2 N–H and O–H groups in total. The lowest BCUT2D eigenvalue weighted by Crippen LogP contribution is -2.48. The first kappa shape index (κ1) is 16.9. The molecule has 3 atom stereocenters. The van der Waals surface area contributed by atoms with Crippen molar-refractivity contribution >= 4 is 11.6 Å². The quantitative estimate of drug-likeness (QED) is 0.884. The summed E-state index contributed by atoms with van der Waals surface area (Å²) < 4.78 is 6.00. The maximum atomic E-state index is 12.8. The van der Waals surface area contributed by atoms with E-state index < -0.39 is 0 Å². The molecule has 0 bridgehead atoms. The van der Waals surface area contributed by atoms with Crippen LogP contribution in [0.1, 0.15) is 42.6 Å². The van der Waals surface area contributed by atoms with Crippen molar-refractivity contribution < 1.29 is 9.53 Å². The van der Waals surface area contributed by atoms with Gasteiger partial charge in [-0.3, -0.25) is 9.69 Å². The van der Waals surface area contributed by atoms with E-state index in [0.29, 0.717) is 18.1 Å². The Hall–Kier alpha value is -1.59. The Labute approximate surface area is 150 Å². The molecule has 4 rings (SSSR count). The molecule has 1 aromatic rings. The fourth-order valence-electron chi connectivity index (χ4n) is 4.37. The van der Waals surface area contributed by atoms with Gasteiger partial charge in [-0.25, -0.2) is 0 Å². The normalized spacial score (nSPS) is 29.0. The number of carbonyl (C=O) groups is 1. The Balaban J connectivity index is 1.41. The van der Waals surface area contributed by atoms with E-state index in [4.69, 9.17) is 4.74 Å². The zero-order valence-corrected chi connectivity index (χ0v) is 15.3. The van der Waals surface area contributed by atoms with Gasteiger partial charge < -0.3 is 15.4 Å². The van der Waals surface area contributed by atoms with Crippen LogP contribution in [0.4, 0.5) is 5.69 Å². The smallest absolute Gasteiger partial charge is 0.253 e. The molecule has 1 aromatic carbocycles. The Morgan fingerprint density at radius 2 is 2.24 bits per heavy atom. The fraction of sp³-hybridized carbons (Fsp3) is 0.650. The second-order valence-electron chi connectivity index (χ2n) is 8.00. The molecule has 0 spiro atoms. The molecule has 2 saturated heterocycles. The first-order valence-electron chi connectivity index (χ1n) is 9.64. The van der Waals surface area contributed by atoms with Crippen LogP contribution in [0.25, 0.3) is 0 Å². The highest BCUT2D eigenvalue weighted by atomic mass is 16.5. The summed E-state index contributed by atoms with van der Waals surface area (Å²) in [6.07, 6.45) is 3.49. The van der Waals surface area contributed by atoms with Crippen LogP contribution in [0.3, 0.4) is 0 Å². The van der Waals surface area contributed by atoms with E-state index in [-0.39, 0.29) is 11.9 Å². The molecule has 0 aromatic heterocycles. The summed E-state index contributed by atoms with van der Waals surface area (Å²) in [4.78, 5) is 15.3. The number of nitrogens with zero attached hydrogens (tertiary/aromatic N) is 1. The lowest BCUT2D eigenvalue weighted by Gasteiger charge is -2.36. The zero-order valence-electron chi connectivity index (χ0n) is 15.3. The number of fused-ring (bicyclic) bond motifs is 2. The van der Waals surface area contributed by atoms with Gasteiger partial charge in [-0.05, 0) is 36.8 Å². The number of anilines is 1. The maximum absolute atomic E-state index is 12.8. The highest BCUT2D eigenvalue weighted by Crippen LogP contribution is 2.28. The summed E-state index contributed by atoms with van der Waals surface area (Å²) in [5, 5.41) is 6.68. The summed E-state index contributed by atoms with van der Waals surface area (Å²) in [5.41, 5.74) is 3.08. The monoisotopic (exact) mass is 343 g/mol. The minimum Gasteiger partial charge on any atom is -0.384 e. The first-order chi connectivity index (χ1) is 12.1. The summed E-state index contributed by atoms with van der Waals surface area (Å²) >= 11 is 0. The Morgan fingerprint density at radius 1 is 1.36 bits per heavy atom. The van der Waals surface area contributed by atoms with E-state index in [1.807, 2.05) is 12.1 Å². The molecule has 0 unspecified atom stereocenters. The van der Waals surface area contributed by atoms with Crippen molar-refractivity contribution in [3.63, 3.8) is 0 Å². The SMILES string of the molecule is CC(C)[C@@H]1CN2C[C@@H](NC(=O)c3cccc4c3NCCC4)C[C@H]2CO1. The molecular weight excluding hydrogens is 314 g/mol. The molecule has 5 heteroatoms. The number of rotatable bonds is 3. The van der Waals surface area contributed by atoms with Crippen LogP contribution in [-0.4, -0.2) is 55.2 Å². The predicted molar refractivity (Wildman–Crippen MR) is 99.1 cm³/mol. The van der Waals surface area contributed by atoms with E-state index in [2.05, 4.69) is 35.4 Å². The zero-order chi connectivity index (χ0) is 17.4. The highest BCUT2D eigenvalue weighted by molar-refractivity contribution is 6.00. The number of benzene rings is 1. The second kappa shape index (κ2) is 6.96. The van der Waals surface area contributed by atoms with Crippen LogP contribution >= 0.6 is 0 Å². The van der Waals surface area contributed by atoms with Gasteiger partial charge in [-0.1, -0.05) is 26.0 Å². The third-order valence-electron chi connectivity index (χ3n) is 5.84. The van der Waals surface area contributed by atoms with Crippen molar-refractivity contribution in [3.05, 3.63) is 29.3 Å². The van der Waals surface area contributed by atoms with Crippen molar-refractivity contribution in [1.29, 1.82) is 0 Å². The van der Waals surface area contributed by atoms with Crippen LogP contribution in [0, 0.1) is 5.92 Å². The number of amides is 1. The standard InChI is InChI=1S/C20H29N3O2/c1-13(2)18-11-23-10-15(9-16(23)12-25-18)22-20(24)17-7-3-5-14-6-4-8-21-19(14)17/h3,5,7,13,15-16,18,21H,4,6,8-12H2,1-2H3,(H,22,24)/t15-,16-,18-/m0/s1. The lowest BCUT2D eigenvalue weighted by atomic mass is 9.99. The molecule has 3 aliphatic heterocycles. The molecule has 3 heterocycles. The van der Waals surface area contributed by atoms with E-state index in [0.717, 1.165) is 56.8 Å². The molecule has 2 fully saturated rings. The molecule has 136 valence electrons. The topological polar surface area (TPSA) is 53.6 Å². The number of para-hydroxylation sites is 1.